The van der Waals surface area contributed by atoms with Gasteiger partial charge in [0.25, 0.3) is 0 Å². The van der Waals surface area contributed by atoms with Crippen molar-refractivity contribution in [1.29, 1.82) is 0 Å². The number of hydrogen-bond acceptors (Lipinski definition) is 4. The highest BCUT2D eigenvalue weighted by Gasteiger charge is 2.06. The molecule has 0 aromatic carbocycles. The van der Waals surface area contributed by atoms with E-state index in [4.69, 9.17) is 4.74 Å². The summed E-state index contributed by atoms with van der Waals surface area (Å²) in [6.45, 7) is 0.498. The third kappa shape index (κ3) is 2.87. The molecule has 2 nitrogen and oxygen atoms in total. The molecule has 0 aliphatic heterocycles. The predicted octanol–water partition coefficient (Wildman–Crippen LogP) is 2.27. The standard InChI is InChI=1S/C8H10O2S2/c1-11-6-4-10-8(9)7-3-2-5-12-7/h2-3,5H,4,6H2,1H3. The van der Waals surface area contributed by atoms with Gasteiger partial charge in [0.05, 0.1) is 0 Å². The van der Waals surface area contributed by atoms with Crippen LogP contribution in [0.15, 0.2) is 17.5 Å². The molecular weight excluding hydrogens is 192 g/mol. The maximum absolute atomic E-state index is 11.2. The number of rotatable bonds is 4. The molecular formula is C8H10O2S2. The topological polar surface area (TPSA) is 26.3 Å². The van der Waals surface area contributed by atoms with E-state index in [0.717, 1.165) is 5.75 Å². The van der Waals surface area contributed by atoms with Crippen molar-refractivity contribution in [2.75, 3.05) is 18.6 Å². The fourth-order valence-corrected chi connectivity index (χ4v) is 1.55. The first-order valence-corrected chi connectivity index (χ1v) is 5.81. The number of thiophene rings is 1. The van der Waals surface area contributed by atoms with Crippen LogP contribution in [0.5, 0.6) is 0 Å². The molecule has 12 heavy (non-hydrogen) atoms. The van der Waals surface area contributed by atoms with Crippen molar-refractivity contribution in [2.24, 2.45) is 0 Å². The van der Waals surface area contributed by atoms with Crippen molar-refractivity contribution in [3.8, 4) is 0 Å². The van der Waals surface area contributed by atoms with E-state index in [9.17, 15) is 4.79 Å². The van der Waals surface area contributed by atoms with Crippen LogP contribution >= 0.6 is 23.1 Å². The molecule has 1 rings (SSSR count). The summed E-state index contributed by atoms with van der Waals surface area (Å²) in [6, 6.07) is 3.61. The van der Waals surface area contributed by atoms with Gasteiger partial charge in [0, 0.05) is 5.75 Å². The van der Waals surface area contributed by atoms with Crippen molar-refractivity contribution >= 4 is 29.1 Å². The minimum atomic E-state index is -0.209. The number of esters is 1. The highest BCUT2D eigenvalue weighted by Crippen LogP contribution is 2.09. The Labute approximate surface area is 79.9 Å². The largest absolute Gasteiger partial charge is 0.461 e. The summed E-state index contributed by atoms with van der Waals surface area (Å²) < 4.78 is 4.98. The smallest absolute Gasteiger partial charge is 0.348 e. The van der Waals surface area contributed by atoms with Gasteiger partial charge in [0.15, 0.2) is 0 Å². The number of ether oxygens (including phenoxy) is 1. The summed E-state index contributed by atoms with van der Waals surface area (Å²) in [4.78, 5) is 11.8. The van der Waals surface area contributed by atoms with Gasteiger partial charge in [-0.1, -0.05) is 6.07 Å². The van der Waals surface area contributed by atoms with Crippen molar-refractivity contribution < 1.29 is 9.53 Å². The van der Waals surface area contributed by atoms with E-state index in [1.54, 1.807) is 17.8 Å². The van der Waals surface area contributed by atoms with E-state index < -0.39 is 0 Å². The van der Waals surface area contributed by atoms with Gasteiger partial charge in [-0.3, -0.25) is 0 Å². The Kier molecular flexibility index (Phi) is 4.18. The van der Waals surface area contributed by atoms with Gasteiger partial charge >= 0.3 is 5.97 Å². The molecule has 0 atom stereocenters. The average molecular weight is 202 g/mol. The fourth-order valence-electron chi connectivity index (χ4n) is 0.684. The summed E-state index contributed by atoms with van der Waals surface area (Å²) in [5.41, 5.74) is 0. The summed E-state index contributed by atoms with van der Waals surface area (Å²) in [7, 11) is 0. The van der Waals surface area contributed by atoms with Crippen LogP contribution in [-0.2, 0) is 4.74 Å². The van der Waals surface area contributed by atoms with Gasteiger partial charge in [-0.05, 0) is 17.7 Å². The molecule has 4 heteroatoms. The molecule has 0 fully saturated rings. The van der Waals surface area contributed by atoms with Crippen molar-refractivity contribution in [3.05, 3.63) is 22.4 Å². The highest BCUT2D eigenvalue weighted by molar-refractivity contribution is 7.98. The lowest BCUT2D eigenvalue weighted by atomic mass is 10.5. The third-order valence-electron chi connectivity index (χ3n) is 1.24. The average Bonchev–Trinajstić information content (AvgIpc) is 2.56. The summed E-state index contributed by atoms with van der Waals surface area (Å²) in [5, 5.41) is 1.87. The lowest BCUT2D eigenvalue weighted by Crippen LogP contribution is -2.05. The molecule has 0 amide bonds. The molecule has 1 aromatic heterocycles. The van der Waals surface area contributed by atoms with Gasteiger partial charge < -0.3 is 4.74 Å². The zero-order chi connectivity index (χ0) is 8.81. The van der Waals surface area contributed by atoms with E-state index in [-0.39, 0.29) is 5.97 Å². The van der Waals surface area contributed by atoms with Gasteiger partial charge in [0.2, 0.25) is 0 Å². The molecule has 0 bridgehead atoms. The van der Waals surface area contributed by atoms with Crippen LogP contribution in [0.4, 0.5) is 0 Å². The van der Waals surface area contributed by atoms with E-state index in [1.165, 1.54) is 11.3 Å². The second kappa shape index (κ2) is 5.22. The Balaban J connectivity index is 2.30. The Hall–Kier alpha value is -0.480. The molecule has 0 unspecified atom stereocenters. The SMILES string of the molecule is CSCCOC(=O)c1cccs1. The first kappa shape index (κ1) is 9.61. The Morgan fingerprint density at radius 2 is 2.58 bits per heavy atom. The summed E-state index contributed by atoms with van der Waals surface area (Å²) in [5.74, 6) is 0.649. The molecule has 66 valence electrons. The molecule has 0 aliphatic rings. The van der Waals surface area contributed by atoms with Gasteiger partial charge in [-0.25, -0.2) is 4.79 Å². The molecule has 1 heterocycles. The first-order valence-electron chi connectivity index (χ1n) is 3.54. The Morgan fingerprint density at radius 1 is 1.75 bits per heavy atom. The molecule has 0 saturated heterocycles. The summed E-state index contributed by atoms with van der Waals surface area (Å²) >= 11 is 3.07. The monoisotopic (exact) mass is 202 g/mol. The lowest BCUT2D eigenvalue weighted by Gasteiger charge is -2.00. The highest BCUT2D eigenvalue weighted by atomic mass is 32.2. The molecule has 0 radical (unpaired) electrons. The Bertz CT molecular complexity index is 231. The van der Waals surface area contributed by atoms with E-state index in [2.05, 4.69) is 0 Å². The maximum atomic E-state index is 11.2. The van der Waals surface area contributed by atoms with Crippen molar-refractivity contribution in [2.45, 2.75) is 0 Å². The molecule has 0 N–H and O–H groups in total. The minimum Gasteiger partial charge on any atom is -0.461 e. The van der Waals surface area contributed by atoms with Crippen LogP contribution in [0.1, 0.15) is 9.67 Å². The molecule has 1 aromatic rings. The van der Waals surface area contributed by atoms with Crippen molar-refractivity contribution in [1.82, 2.24) is 0 Å². The zero-order valence-corrected chi connectivity index (χ0v) is 8.41. The van der Waals surface area contributed by atoms with Gasteiger partial charge in [0.1, 0.15) is 11.5 Å². The second-order valence-corrected chi connectivity index (χ2v) is 4.04. The van der Waals surface area contributed by atoms with Crippen LogP contribution in [0.3, 0.4) is 0 Å². The maximum Gasteiger partial charge on any atom is 0.348 e. The molecule has 0 aliphatic carbocycles. The summed E-state index contributed by atoms with van der Waals surface area (Å²) in [6.07, 6.45) is 1.99. The van der Waals surface area contributed by atoms with E-state index in [1.807, 2.05) is 17.7 Å². The van der Waals surface area contributed by atoms with Crippen LogP contribution in [-0.4, -0.2) is 24.6 Å². The number of carbonyl (C=O) groups excluding carboxylic acids is 1. The van der Waals surface area contributed by atoms with E-state index in [0.29, 0.717) is 11.5 Å². The zero-order valence-electron chi connectivity index (χ0n) is 6.78. The quantitative estimate of drug-likeness (QED) is 0.553. The number of carbonyl (C=O) groups is 1. The number of hydrogen-bond donors (Lipinski definition) is 0. The van der Waals surface area contributed by atoms with Crippen molar-refractivity contribution in [3.63, 3.8) is 0 Å². The second-order valence-electron chi connectivity index (χ2n) is 2.11. The Morgan fingerprint density at radius 3 is 3.17 bits per heavy atom. The van der Waals surface area contributed by atoms with Gasteiger partial charge in [-0.15, -0.1) is 11.3 Å². The third-order valence-corrected chi connectivity index (χ3v) is 2.67. The normalized spacial score (nSPS) is 9.75. The van der Waals surface area contributed by atoms with Crippen LogP contribution in [0.2, 0.25) is 0 Å². The number of thioether (sulfide) groups is 1. The van der Waals surface area contributed by atoms with Gasteiger partial charge in [-0.2, -0.15) is 11.8 Å². The van der Waals surface area contributed by atoms with Crippen LogP contribution in [0.25, 0.3) is 0 Å². The molecule has 0 saturated carbocycles. The minimum absolute atomic E-state index is 0.209. The molecule has 0 spiro atoms. The van der Waals surface area contributed by atoms with Crippen LogP contribution < -0.4 is 0 Å². The predicted molar refractivity (Wildman–Crippen MR) is 53.0 cm³/mol. The lowest BCUT2D eigenvalue weighted by molar-refractivity contribution is 0.0536. The first-order chi connectivity index (χ1) is 5.84. The fraction of sp³-hybridized carbons (Fsp3) is 0.375. The van der Waals surface area contributed by atoms with E-state index >= 15 is 0 Å². The van der Waals surface area contributed by atoms with Crippen LogP contribution in [0, 0.1) is 0 Å².